The minimum absolute atomic E-state index is 0.00481. The van der Waals surface area contributed by atoms with E-state index in [4.69, 9.17) is 5.11 Å². The minimum Gasteiger partial charge on any atom is -0.506 e. The number of phenolic OH excluding ortho intramolecular Hbond substituents is 1. The van der Waals surface area contributed by atoms with Gasteiger partial charge in [-0.05, 0) is 12.1 Å². The van der Waals surface area contributed by atoms with Gasteiger partial charge in [0.2, 0.25) is 0 Å². The van der Waals surface area contributed by atoms with Crippen LogP contribution in [0.1, 0.15) is 10.4 Å². The molecule has 0 atom stereocenters. The van der Waals surface area contributed by atoms with Gasteiger partial charge in [-0.25, -0.2) is 4.79 Å². The van der Waals surface area contributed by atoms with Crippen molar-refractivity contribution < 1.29 is 15.0 Å². The van der Waals surface area contributed by atoms with Crippen LogP contribution in [0, 0.1) is 0 Å². The highest BCUT2D eigenvalue weighted by molar-refractivity contribution is 5.93. The van der Waals surface area contributed by atoms with Crippen LogP contribution in [0.15, 0.2) is 30.9 Å². The zero-order chi connectivity index (χ0) is 10.8. The number of aromatic carboxylic acids is 1. The van der Waals surface area contributed by atoms with Crippen LogP contribution >= 0.6 is 0 Å². The number of nitrogens with zero attached hydrogens (tertiary/aromatic N) is 3. The number of phenols is 1. The van der Waals surface area contributed by atoms with Crippen molar-refractivity contribution in [3.63, 3.8) is 0 Å². The molecule has 0 spiro atoms. The molecule has 0 radical (unpaired) electrons. The lowest BCUT2D eigenvalue weighted by Gasteiger charge is -2.07. The number of aromatic hydroxyl groups is 1. The lowest BCUT2D eigenvalue weighted by atomic mass is 10.1. The molecule has 76 valence electrons. The quantitative estimate of drug-likeness (QED) is 0.752. The SMILES string of the molecule is O=C(O)c1cccc(O)c1-n1cnnc1. The molecule has 1 aromatic carbocycles. The molecule has 0 aliphatic carbocycles. The zero-order valence-electron chi connectivity index (χ0n) is 7.53. The number of carbonyl (C=O) groups is 1. The second-order valence-electron chi connectivity index (χ2n) is 2.85. The molecular formula is C9H7N3O3. The van der Waals surface area contributed by atoms with Gasteiger partial charge in [-0.3, -0.25) is 4.57 Å². The molecular weight excluding hydrogens is 198 g/mol. The summed E-state index contributed by atoms with van der Waals surface area (Å²) in [6.07, 6.45) is 2.64. The third-order valence-corrected chi connectivity index (χ3v) is 1.92. The first kappa shape index (κ1) is 9.20. The van der Waals surface area contributed by atoms with Crippen molar-refractivity contribution in [2.75, 3.05) is 0 Å². The lowest BCUT2D eigenvalue weighted by molar-refractivity contribution is 0.0696. The molecule has 0 unspecified atom stereocenters. The van der Waals surface area contributed by atoms with Gasteiger partial charge in [-0.1, -0.05) is 6.07 Å². The Morgan fingerprint density at radius 3 is 2.53 bits per heavy atom. The van der Waals surface area contributed by atoms with Crippen molar-refractivity contribution in [1.29, 1.82) is 0 Å². The molecule has 1 heterocycles. The van der Waals surface area contributed by atoms with E-state index in [-0.39, 0.29) is 17.0 Å². The maximum atomic E-state index is 10.9. The lowest BCUT2D eigenvalue weighted by Crippen LogP contribution is -2.04. The van der Waals surface area contributed by atoms with E-state index in [0.717, 1.165) is 0 Å². The van der Waals surface area contributed by atoms with Gasteiger partial charge in [-0.2, -0.15) is 0 Å². The van der Waals surface area contributed by atoms with Crippen molar-refractivity contribution in [2.45, 2.75) is 0 Å². The number of hydrogen-bond acceptors (Lipinski definition) is 4. The van der Waals surface area contributed by atoms with Gasteiger partial charge in [-0.15, -0.1) is 10.2 Å². The minimum atomic E-state index is -1.12. The van der Waals surface area contributed by atoms with E-state index >= 15 is 0 Å². The highest BCUT2D eigenvalue weighted by atomic mass is 16.4. The summed E-state index contributed by atoms with van der Waals surface area (Å²) in [7, 11) is 0. The smallest absolute Gasteiger partial charge is 0.337 e. The summed E-state index contributed by atoms with van der Waals surface area (Å²) in [5.41, 5.74) is 0.157. The fraction of sp³-hybridized carbons (Fsp3) is 0. The van der Waals surface area contributed by atoms with Crippen LogP contribution in [-0.4, -0.2) is 30.9 Å². The molecule has 0 aliphatic heterocycles. The molecule has 0 bridgehead atoms. The maximum absolute atomic E-state index is 10.9. The predicted molar refractivity (Wildman–Crippen MR) is 50.0 cm³/mol. The van der Waals surface area contributed by atoms with Crippen LogP contribution < -0.4 is 0 Å². The first-order valence-corrected chi connectivity index (χ1v) is 4.10. The Kier molecular flexibility index (Phi) is 2.09. The monoisotopic (exact) mass is 205 g/mol. The number of carboxylic acids is 1. The van der Waals surface area contributed by atoms with Crippen LogP contribution in [0.2, 0.25) is 0 Å². The van der Waals surface area contributed by atoms with E-state index in [1.165, 1.54) is 35.4 Å². The van der Waals surface area contributed by atoms with Crippen LogP contribution in [0.4, 0.5) is 0 Å². The second-order valence-corrected chi connectivity index (χ2v) is 2.85. The largest absolute Gasteiger partial charge is 0.506 e. The Bertz CT molecular complexity index is 493. The molecule has 2 aromatic rings. The first-order valence-electron chi connectivity index (χ1n) is 4.10. The number of rotatable bonds is 2. The highest BCUT2D eigenvalue weighted by Gasteiger charge is 2.14. The van der Waals surface area contributed by atoms with Crippen molar-refractivity contribution in [1.82, 2.24) is 14.8 Å². The van der Waals surface area contributed by atoms with Gasteiger partial charge < -0.3 is 10.2 Å². The number of para-hydroxylation sites is 1. The molecule has 0 fully saturated rings. The third-order valence-electron chi connectivity index (χ3n) is 1.92. The summed E-state index contributed by atoms with van der Waals surface area (Å²) in [4.78, 5) is 10.9. The van der Waals surface area contributed by atoms with Crippen molar-refractivity contribution in [3.05, 3.63) is 36.4 Å². The molecule has 0 saturated carbocycles. The van der Waals surface area contributed by atoms with Crippen LogP contribution in [0.3, 0.4) is 0 Å². The molecule has 2 N–H and O–H groups in total. The van der Waals surface area contributed by atoms with Gasteiger partial charge >= 0.3 is 5.97 Å². The molecule has 0 aliphatic rings. The molecule has 0 amide bonds. The van der Waals surface area contributed by atoms with Gasteiger partial charge in [0.15, 0.2) is 0 Å². The number of carboxylic acid groups (broad SMARTS) is 1. The van der Waals surface area contributed by atoms with E-state index in [0.29, 0.717) is 0 Å². The molecule has 1 aromatic heterocycles. The van der Waals surface area contributed by atoms with Crippen LogP contribution in [0.5, 0.6) is 5.75 Å². The average Bonchev–Trinajstić information content (AvgIpc) is 2.70. The van der Waals surface area contributed by atoms with Crippen molar-refractivity contribution in [2.24, 2.45) is 0 Å². The fourth-order valence-electron chi connectivity index (χ4n) is 1.29. The standard InChI is InChI=1S/C9H7N3O3/c13-7-3-1-2-6(9(14)15)8(7)12-4-10-11-5-12/h1-5,13H,(H,14,15). The predicted octanol–water partition coefficient (Wildman–Crippen LogP) is 0.671. The van der Waals surface area contributed by atoms with Crippen LogP contribution in [0.25, 0.3) is 5.69 Å². The van der Waals surface area contributed by atoms with E-state index < -0.39 is 5.97 Å². The average molecular weight is 205 g/mol. The second kappa shape index (κ2) is 3.41. The number of hydrogen-bond donors (Lipinski definition) is 2. The summed E-state index contributed by atoms with van der Waals surface area (Å²) < 4.78 is 1.35. The summed E-state index contributed by atoms with van der Waals surface area (Å²) >= 11 is 0. The molecule has 6 heteroatoms. The Morgan fingerprint density at radius 2 is 1.93 bits per heavy atom. The molecule has 0 saturated heterocycles. The summed E-state index contributed by atoms with van der Waals surface area (Å²) in [6.45, 7) is 0. The van der Waals surface area contributed by atoms with Crippen molar-refractivity contribution in [3.8, 4) is 11.4 Å². The molecule has 6 nitrogen and oxygen atoms in total. The van der Waals surface area contributed by atoms with E-state index in [1.54, 1.807) is 0 Å². The van der Waals surface area contributed by atoms with Gasteiger partial charge in [0.05, 0.1) is 5.56 Å². The van der Waals surface area contributed by atoms with Gasteiger partial charge in [0, 0.05) is 0 Å². The zero-order valence-corrected chi connectivity index (χ0v) is 7.53. The van der Waals surface area contributed by atoms with Crippen LogP contribution in [-0.2, 0) is 0 Å². The summed E-state index contributed by atoms with van der Waals surface area (Å²) in [5.74, 6) is -1.25. The summed E-state index contributed by atoms with van der Waals surface area (Å²) in [6, 6.07) is 4.27. The topological polar surface area (TPSA) is 88.2 Å². The van der Waals surface area contributed by atoms with Gasteiger partial charge in [0.25, 0.3) is 0 Å². The van der Waals surface area contributed by atoms with Crippen molar-refractivity contribution >= 4 is 5.97 Å². The first-order chi connectivity index (χ1) is 7.20. The van der Waals surface area contributed by atoms with E-state index in [9.17, 15) is 9.90 Å². The van der Waals surface area contributed by atoms with Gasteiger partial charge in [0.1, 0.15) is 24.1 Å². The Morgan fingerprint density at radius 1 is 1.27 bits per heavy atom. The maximum Gasteiger partial charge on any atom is 0.337 e. The third kappa shape index (κ3) is 1.52. The normalized spacial score (nSPS) is 10.1. The Labute approximate surface area is 84.4 Å². The van der Waals surface area contributed by atoms with E-state index in [1.807, 2.05) is 0 Å². The fourth-order valence-corrected chi connectivity index (χ4v) is 1.29. The Hall–Kier alpha value is -2.37. The summed E-state index contributed by atoms with van der Waals surface area (Å²) in [5, 5.41) is 25.6. The highest BCUT2D eigenvalue weighted by Crippen LogP contribution is 2.24. The number of aromatic nitrogens is 3. The Balaban J connectivity index is 2.68. The molecule has 15 heavy (non-hydrogen) atoms. The van der Waals surface area contributed by atoms with E-state index in [2.05, 4.69) is 10.2 Å². The molecule has 2 rings (SSSR count). The number of benzene rings is 1.